The van der Waals surface area contributed by atoms with E-state index in [0.29, 0.717) is 18.4 Å². The number of ether oxygens (including phenoxy) is 1. The standard InChI is InChI=1S/C24H38N4O2/c1-18(2)17-30-22-11-9-19(10-12-22)15-26-24(25-3)27-21-13-14-28(16-21)23(29)20-7-5-4-6-8-20/h9-12,18,20-21H,4-8,13-17H2,1-3H3,(H2,25,26,27). The molecule has 30 heavy (non-hydrogen) atoms. The Labute approximate surface area is 181 Å². The Morgan fingerprint density at radius 1 is 1.17 bits per heavy atom. The summed E-state index contributed by atoms with van der Waals surface area (Å²) in [6.45, 7) is 7.34. The fraction of sp³-hybridized carbons (Fsp3) is 0.667. The number of guanidine groups is 1. The lowest BCUT2D eigenvalue weighted by Gasteiger charge is -2.26. The Bertz CT molecular complexity index is 696. The predicted octanol–water partition coefficient (Wildman–Crippen LogP) is 3.57. The van der Waals surface area contributed by atoms with E-state index in [4.69, 9.17) is 4.74 Å². The summed E-state index contributed by atoms with van der Waals surface area (Å²) in [5.74, 6) is 2.82. The number of amides is 1. The van der Waals surface area contributed by atoms with E-state index in [0.717, 1.165) is 50.7 Å². The minimum absolute atomic E-state index is 0.252. The zero-order valence-corrected chi connectivity index (χ0v) is 18.8. The summed E-state index contributed by atoms with van der Waals surface area (Å²) in [7, 11) is 1.79. The SMILES string of the molecule is CN=C(NCc1ccc(OCC(C)C)cc1)NC1CCN(C(=O)C2CCCCC2)C1. The minimum atomic E-state index is 0.252. The van der Waals surface area contributed by atoms with Crippen molar-refractivity contribution in [3.63, 3.8) is 0 Å². The fourth-order valence-corrected chi connectivity index (χ4v) is 4.23. The van der Waals surface area contributed by atoms with Crippen LogP contribution < -0.4 is 15.4 Å². The number of carbonyl (C=O) groups excluding carboxylic acids is 1. The molecule has 3 rings (SSSR count). The van der Waals surface area contributed by atoms with Gasteiger partial charge in [0.05, 0.1) is 6.61 Å². The van der Waals surface area contributed by atoms with Gasteiger partial charge < -0.3 is 20.3 Å². The zero-order valence-electron chi connectivity index (χ0n) is 18.8. The van der Waals surface area contributed by atoms with Gasteiger partial charge in [-0.2, -0.15) is 0 Å². The number of nitrogens with one attached hydrogen (secondary N) is 2. The molecule has 1 saturated heterocycles. The van der Waals surface area contributed by atoms with E-state index in [2.05, 4.69) is 46.5 Å². The molecule has 166 valence electrons. The number of carbonyl (C=O) groups is 1. The van der Waals surface area contributed by atoms with Crippen LogP contribution in [-0.2, 0) is 11.3 Å². The lowest BCUT2D eigenvalue weighted by Crippen LogP contribution is -2.45. The highest BCUT2D eigenvalue weighted by Gasteiger charge is 2.31. The first-order valence-electron chi connectivity index (χ1n) is 11.5. The van der Waals surface area contributed by atoms with Gasteiger partial charge in [0.25, 0.3) is 0 Å². The monoisotopic (exact) mass is 414 g/mol. The molecule has 6 nitrogen and oxygen atoms in total. The molecule has 1 aromatic carbocycles. The normalized spacial score (nSPS) is 20.5. The molecule has 1 heterocycles. The van der Waals surface area contributed by atoms with Crippen LogP contribution >= 0.6 is 0 Å². The van der Waals surface area contributed by atoms with E-state index < -0.39 is 0 Å². The quantitative estimate of drug-likeness (QED) is 0.529. The van der Waals surface area contributed by atoms with Gasteiger partial charge in [-0.3, -0.25) is 9.79 Å². The van der Waals surface area contributed by atoms with E-state index in [-0.39, 0.29) is 12.0 Å². The molecule has 1 unspecified atom stereocenters. The van der Waals surface area contributed by atoms with E-state index in [1.807, 2.05) is 12.1 Å². The molecule has 1 atom stereocenters. The van der Waals surface area contributed by atoms with Crippen molar-refractivity contribution < 1.29 is 9.53 Å². The molecule has 0 bridgehead atoms. The molecule has 1 amide bonds. The van der Waals surface area contributed by atoms with Crippen molar-refractivity contribution in [3.8, 4) is 5.75 Å². The van der Waals surface area contributed by atoms with Gasteiger partial charge in [0.1, 0.15) is 5.75 Å². The summed E-state index contributed by atoms with van der Waals surface area (Å²) in [5, 5.41) is 6.87. The van der Waals surface area contributed by atoms with Gasteiger partial charge in [-0.1, -0.05) is 45.2 Å². The van der Waals surface area contributed by atoms with Crippen LogP contribution in [0, 0.1) is 11.8 Å². The van der Waals surface area contributed by atoms with Gasteiger partial charge in [-0.15, -0.1) is 0 Å². The van der Waals surface area contributed by atoms with Crippen molar-refractivity contribution in [2.24, 2.45) is 16.8 Å². The first kappa shape index (κ1) is 22.4. The predicted molar refractivity (Wildman–Crippen MR) is 122 cm³/mol. The van der Waals surface area contributed by atoms with Crippen LogP contribution in [0.15, 0.2) is 29.3 Å². The molecule has 1 aliphatic carbocycles. The van der Waals surface area contributed by atoms with Crippen LogP contribution in [0.25, 0.3) is 0 Å². The highest BCUT2D eigenvalue weighted by atomic mass is 16.5. The third kappa shape index (κ3) is 6.64. The van der Waals surface area contributed by atoms with Crippen LogP contribution in [0.1, 0.15) is 57.9 Å². The molecule has 0 aromatic heterocycles. The van der Waals surface area contributed by atoms with Crippen molar-refractivity contribution in [1.29, 1.82) is 0 Å². The molecular formula is C24H38N4O2. The summed E-state index contributed by atoms with van der Waals surface area (Å²) in [5.41, 5.74) is 1.18. The summed E-state index contributed by atoms with van der Waals surface area (Å²) in [6.07, 6.45) is 6.79. The molecule has 1 aliphatic heterocycles. The summed E-state index contributed by atoms with van der Waals surface area (Å²) in [4.78, 5) is 19.2. The van der Waals surface area contributed by atoms with Crippen LogP contribution in [0.4, 0.5) is 0 Å². The number of nitrogens with zero attached hydrogens (tertiary/aromatic N) is 2. The lowest BCUT2D eigenvalue weighted by molar-refractivity contribution is -0.135. The van der Waals surface area contributed by atoms with Gasteiger partial charge in [0.15, 0.2) is 5.96 Å². The van der Waals surface area contributed by atoms with Crippen LogP contribution in [-0.4, -0.2) is 49.6 Å². The summed E-state index contributed by atoms with van der Waals surface area (Å²) >= 11 is 0. The van der Waals surface area contributed by atoms with Gasteiger partial charge in [-0.05, 0) is 42.9 Å². The maximum absolute atomic E-state index is 12.8. The first-order valence-corrected chi connectivity index (χ1v) is 11.5. The van der Waals surface area contributed by atoms with Crippen molar-refractivity contribution in [2.45, 2.75) is 65.0 Å². The van der Waals surface area contributed by atoms with E-state index in [1.165, 1.54) is 24.8 Å². The smallest absolute Gasteiger partial charge is 0.225 e. The molecular weight excluding hydrogens is 376 g/mol. The molecule has 0 spiro atoms. The molecule has 1 saturated carbocycles. The Balaban J connectivity index is 1.42. The number of rotatable bonds is 7. The number of hydrogen-bond acceptors (Lipinski definition) is 3. The average molecular weight is 415 g/mol. The second-order valence-electron chi connectivity index (χ2n) is 9.02. The summed E-state index contributed by atoms with van der Waals surface area (Å²) in [6, 6.07) is 8.45. The molecule has 2 fully saturated rings. The largest absolute Gasteiger partial charge is 0.493 e. The van der Waals surface area contributed by atoms with Crippen molar-refractivity contribution in [1.82, 2.24) is 15.5 Å². The van der Waals surface area contributed by atoms with Crippen molar-refractivity contribution in [2.75, 3.05) is 26.7 Å². The Morgan fingerprint density at radius 2 is 1.90 bits per heavy atom. The molecule has 0 radical (unpaired) electrons. The van der Waals surface area contributed by atoms with E-state index >= 15 is 0 Å². The van der Waals surface area contributed by atoms with Crippen LogP contribution in [0.2, 0.25) is 0 Å². The van der Waals surface area contributed by atoms with Gasteiger partial charge in [0.2, 0.25) is 5.91 Å². The highest BCUT2D eigenvalue weighted by molar-refractivity contribution is 5.81. The molecule has 1 aromatic rings. The number of likely N-dealkylation sites (tertiary alicyclic amines) is 1. The number of benzene rings is 1. The maximum Gasteiger partial charge on any atom is 0.225 e. The van der Waals surface area contributed by atoms with Gasteiger partial charge in [-0.25, -0.2) is 0 Å². The zero-order chi connectivity index (χ0) is 21.3. The Kier molecular flexibility index (Phi) is 8.40. The topological polar surface area (TPSA) is 66.0 Å². The Hall–Kier alpha value is -2.24. The Morgan fingerprint density at radius 3 is 2.57 bits per heavy atom. The third-order valence-corrected chi connectivity index (χ3v) is 5.99. The van der Waals surface area contributed by atoms with E-state index in [9.17, 15) is 4.79 Å². The van der Waals surface area contributed by atoms with E-state index in [1.54, 1.807) is 7.05 Å². The van der Waals surface area contributed by atoms with Gasteiger partial charge in [0, 0.05) is 38.6 Å². The third-order valence-electron chi connectivity index (χ3n) is 5.99. The van der Waals surface area contributed by atoms with Crippen molar-refractivity contribution in [3.05, 3.63) is 29.8 Å². The fourth-order valence-electron chi connectivity index (χ4n) is 4.23. The average Bonchev–Trinajstić information content (AvgIpc) is 3.24. The molecule has 6 heteroatoms. The maximum atomic E-state index is 12.8. The first-order chi connectivity index (χ1) is 14.5. The lowest BCUT2D eigenvalue weighted by atomic mass is 9.88. The number of aliphatic imine (C=N–C) groups is 1. The minimum Gasteiger partial charge on any atom is -0.493 e. The second-order valence-corrected chi connectivity index (χ2v) is 9.02. The molecule has 2 N–H and O–H groups in total. The van der Waals surface area contributed by atoms with Crippen LogP contribution in [0.5, 0.6) is 5.75 Å². The summed E-state index contributed by atoms with van der Waals surface area (Å²) < 4.78 is 5.74. The number of hydrogen-bond donors (Lipinski definition) is 2. The van der Waals surface area contributed by atoms with Gasteiger partial charge >= 0.3 is 0 Å². The molecule has 2 aliphatic rings. The highest BCUT2D eigenvalue weighted by Crippen LogP contribution is 2.26. The second kappa shape index (κ2) is 11.2. The van der Waals surface area contributed by atoms with Crippen LogP contribution in [0.3, 0.4) is 0 Å². The van der Waals surface area contributed by atoms with Crippen molar-refractivity contribution >= 4 is 11.9 Å².